The fourth-order valence-corrected chi connectivity index (χ4v) is 4.45. The number of aryl methyl sites for hydroxylation is 1. The highest BCUT2D eigenvalue weighted by atomic mass is 32.1. The SMILES string of the molecule is COC(=O)c1ccc(-n2c(C)cc(-c3csc(N4CCOCC4)n3)c2C)cc1. The Bertz CT molecular complexity index is 985. The van der Waals surface area contributed by atoms with E-state index in [9.17, 15) is 4.79 Å². The molecule has 1 aliphatic heterocycles. The number of esters is 1. The number of methoxy groups -OCH3 is 1. The van der Waals surface area contributed by atoms with Crippen molar-refractivity contribution < 1.29 is 14.3 Å². The molecule has 0 amide bonds. The first-order valence-corrected chi connectivity index (χ1v) is 10.1. The Kier molecular flexibility index (Phi) is 5.19. The summed E-state index contributed by atoms with van der Waals surface area (Å²) in [5, 5.41) is 3.17. The number of ether oxygens (including phenoxy) is 2. The van der Waals surface area contributed by atoms with Crippen molar-refractivity contribution in [3.8, 4) is 16.9 Å². The van der Waals surface area contributed by atoms with Crippen LogP contribution in [0.15, 0.2) is 35.7 Å². The van der Waals surface area contributed by atoms with Crippen LogP contribution >= 0.6 is 11.3 Å². The molecule has 1 aliphatic rings. The van der Waals surface area contributed by atoms with Gasteiger partial charge in [-0.05, 0) is 44.2 Å². The summed E-state index contributed by atoms with van der Waals surface area (Å²) < 4.78 is 12.4. The fourth-order valence-electron chi connectivity index (χ4n) is 3.57. The number of hydrogen-bond donors (Lipinski definition) is 0. The van der Waals surface area contributed by atoms with Gasteiger partial charge >= 0.3 is 5.97 Å². The number of hydrogen-bond acceptors (Lipinski definition) is 6. The first kappa shape index (κ1) is 18.7. The molecule has 0 N–H and O–H groups in total. The molecule has 28 heavy (non-hydrogen) atoms. The highest BCUT2D eigenvalue weighted by molar-refractivity contribution is 7.14. The maximum atomic E-state index is 11.7. The molecule has 2 aromatic heterocycles. The molecule has 4 rings (SSSR count). The molecule has 0 bridgehead atoms. The lowest BCUT2D eigenvalue weighted by molar-refractivity contribution is 0.0600. The highest BCUT2D eigenvalue weighted by Gasteiger charge is 2.18. The molecule has 6 nitrogen and oxygen atoms in total. The molecule has 7 heteroatoms. The van der Waals surface area contributed by atoms with Gasteiger partial charge in [-0.25, -0.2) is 9.78 Å². The number of anilines is 1. The third-order valence-electron chi connectivity index (χ3n) is 5.03. The smallest absolute Gasteiger partial charge is 0.337 e. The first-order valence-electron chi connectivity index (χ1n) is 9.25. The van der Waals surface area contributed by atoms with E-state index in [2.05, 4.69) is 34.8 Å². The van der Waals surface area contributed by atoms with E-state index in [4.69, 9.17) is 14.5 Å². The van der Waals surface area contributed by atoms with E-state index in [0.29, 0.717) is 5.56 Å². The zero-order valence-corrected chi connectivity index (χ0v) is 17.1. The van der Waals surface area contributed by atoms with E-state index in [-0.39, 0.29) is 5.97 Å². The Labute approximate surface area is 168 Å². The van der Waals surface area contributed by atoms with Gasteiger partial charge in [0.05, 0.1) is 31.6 Å². The zero-order chi connectivity index (χ0) is 19.7. The van der Waals surface area contributed by atoms with Crippen molar-refractivity contribution >= 4 is 22.4 Å². The lowest BCUT2D eigenvalue weighted by Crippen LogP contribution is -2.36. The van der Waals surface area contributed by atoms with Gasteiger partial charge in [-0.2, -0.15) is 0 Å². The lowest BCUT2D eigenvalue weighted by Gasteiger charge is -2.26. The van der Waals surface area contributed by atoms with E-state index in [1.54, 1.807) is 23.5 Å². The van der Waals surface area contributed by atoms with Crippen molar-refractivity contribution in [3.63, 3.8) is 0 Å². The molecule has 0 aliphatic carbocycles. The van der Waals surface area contributed by atoms with Gasteiger partial charge in [0.2, 0.25) is 0 Å². The summed E-state index contributed by atoms with van der Waals surface area (Å²) in [5.74, 6) is -0.327. The molecule has 1 saturated heterocycles. The molecule has 0 radical (unpaired) electrons. The first-order chi connectivity index (χ1) is 13.6. The van der Waals surface area contributed by atoms with Crippen molar-refractivity contribution in [1.29, 1.82) is 0 Å². The van der Waals surface area contributed by atoms with E-state index in [0.717, 1.165) is 59.8 Å². The van der Waals surface area contributed by atoms with Gasteiger partial charge in [-0.3, -0.25) is 0 Å². The zero-order valence-electron chi connectivity index (χ0n) is 16.3. The van der Waals surface area contributed by atoms with Crippen molar-refractivity contribution in [2.75, 3.05) is 38.3 Å². The molecule has 1 fully saturated rings. The van der Waals surface area contributed by atoms with Crippen LogP contribution in [-0.2, 0) is 9.47 Å². The number of carbonyl (C=O) groups is 1. The molecule has 0 saturated carbocycles. The molecule has 146 valence electrons. The van der Waals surface area contributed by atoms with E-state index in [1.807, 2.05) is 12.1 Å². The van der Waals surface area contributed by atoms with Gasteiger partial charge in [0.15, 0.2) is 5.13 Å². The summed E-state index contributed by atoms with van der Waals surface area (Å²) in [6.45, 7) is 7.47. The third kappa shape index (κ3) is 3.43. The molecule has 1 aromatic carbocycles. The van der Waals surface area contributed by atoms with E-state index < -0.39 is 0 Å². The number of aromatic nitrogens is 2. The Balaban J connectivity index is 1.64. The van der Waals surface area contributed by atoms with Gasteiger partial charge in [0, 0.05) is 41.1 Å². The second-order valence-electron chi connectivity index (χ2n) is 6.77. The van der Waals surface area contributed by atoms with Crippen LogP contribution in [0.25, 0.3) is 16.9 Å². The monoisotopic (exact) mass is 397 g/mol. The van der Waals surface area contributed by atoms with Crippen LogP contribution in [0.4, 0.5) is 5.13 Å². The number of nitrogens with zero attached hydrogens (tertiary/aromatic N) is 3. The van der Waals surface area contributed by atoms with Crippen molar-refractivity contribution in [2.24, 2.45) is 0 Å². The van der Waals surface area contributed by atoms with Crippen LogP contribution in [0.2, 0.25) is 0 Å². The lowest BCUT2D eigenvalue weighted by atomic mass is 10.2. The summed E-state index contributed by atoms with van der Waals surface area (Å²) in [4.78, 5) is 18.8. The minimum Gasteiger partial charge on any atom is -0.465 e. The minimum atomic E-state index is -0.327. The molecular weight excluding hydrogens is 374 g/mol. The molecule has 0 unspecified atom stereocenters. The normalized spacial score (nSPS) is 14.3. The van der Waals surface area contributed by atoms with E-state index in [1.165, 1.54) is 7.11 Å². The number of carbonyl (C=O) groups excluding carboxylic acids is 1. The molecule has 0 atom stereocenters. The molecule has 3 aromatic rings. The number of rotatable bonds is 4. The van der Waals surface area contributed by atoms with Crippen molar-refractivity contribution in [2.45, 2.75) is 13.8 Å². The third-order valence-corrected chi connectivity index (χ3v) is 5.93. The Hall–Kier alpha value is -2.64. The van der Waals surface area contributed by atoms with Crippen molar-refractivity contribution in [3.05, 3.63) is 52.7 Å². The van der Waals surface area contributed by atoms with Crippen LogP contribution in [0.5, 0.6) is 0 Å². The summed E-state index contributed by atoms with van der Waals surface area (Å²) in [5.41, 5.74) is 5.94. The van der Waals surface area contributed by atoms with Gasteiger partial charge in [-0.1, -0.05) is 0 Å². The average molecular weight is 398 g/mol. The van der Waals surface area contributed by atoms with Crippen LogP contribution in [0.1, 0.15) is 21.7 Å². The van der Waals surface area contributed by atoms with E-state index >= 15 is 0 Å². The Morgan fingerprint density at radius 1 is 1.18 bits per heavy atom. The fraction of sp³-hybridized carbons (Fsp3) is 0.333. The summed E-state index contributed by atoms with van der Waals surface area (Å²) >= 11 is 1.68. The van der Waals surface area contributed by atoms with Crippen LogP contribution in [0, 0.1) is 13.8 Å². The predicted molar refractivity (Wildman–Crippen MR) is 111 cm³/mol. The molecular formula is C21H23N3O3S. The maximum absolute atomic E-state index is 11.7. The minimum absolute atomic E-state index is 0.327. The molecule has 3 heterocycles. The standard InChI is InChI=1S/C21H23N3O3S/c1-14-12-18(19-13-28-21(22-19)23-8-10-27-11-9-23)15(2)24(14)17-6-4-16(5-7-17)20(25)26-3/h4-7,12-13H,8-11H2,1-3H3. The summed E-state index contributed by atoms with van der Waals surface area (Å²) in [6.07, 6.45) is 0. The van der Waals surface area contributed by atoms with Gasteiger partial charge in [-0.15, -0.1) is 11.3 Å². The van der Waals surface area contributed by atoms with Gasteiger partial charge < -0.3 is 18.9 Å². The Morgan fingerprint density at radius 2 is 1.89 bits per heavy atom. The largest absolute Gasteiger partial charge is 0.465 e. The van der Waals surface area contributed by atoms with Crippen LogP contribution in [-0.4, -0.2) is 48.9 Å². The van der Waals surface area contributed by atoms with Crippen LogP contribution in [0.3, 0.4) is 0 Å². The quantitative estimate of drug-likeness (QED) is 0.626. The van der Waals surface area contributed by atoms with Crippen LogP contribution < -0.4 is 4.90 Å². The predicted octanol–water partition coefficient (Wildman–Crippen LogP) is 3.84. The number of morpholine rings is 1. The number of benzene rings is 1. The van der Waals surface area contributed by atoms with Crippen molar-refractivity contribution in [1.82, 2.24) is 9.55 Å². The maximum Gasteiger partial charge on any atom is 0.337 e. The average Bonchev–Trinajstić information content (AvgIpc) is 3.33. The summed E-state index contributed by atoms with van der Waals surface area (Å²) in [7, 11) is 1.39. The topological polar surface area (TPSA) is 56.6 Å². The Morgan fingerprint density at radius 3 is 2.57 bits per heavy atom. The molecule has 0 spiro atoms. The highest BCUT2D eigenvalue weighted by Crippen LogP contribution is 2.33. The summed E-state index contributed by atoms with van der Waals surface area (Å²) in [6, 6.07) is 9.63. The van der Waals surface area contributed by atoms with Gasteiger partial charge in [0.25, 0.3) is 0 Å². The number of thiazole rings is 1. The second-order valence-corrected chi connectivity index (χ2v) is 7.61. The second kappa shape index (κ2) is 7.77. The van der Waals surface area contributed by atoms with Gasteiger partial charge in [0.1, 0.15) is 0 Å².